The van der Waals surface area contributed by atoms with Crippen LogP contribution in [0.1, 0.15) is 11.1 Å². The van der Waals surface area contributed by atoms with Gasteiger partial charge in [0, 0.05) is 11.1 Å². The van der Waals surface area contributed by atoms with Gasteiger partial charge in [-0.2, -0.15) is 18.3 Å². The molecule has 0 saturated carbocycles. The molecule has 0 spiro atoms. The van der Waals surface area contributed by atoms with Crippen molar-refractivity contribution < 1.29 is 17.6 Å². The molecule has 0 aliphatic heterocycles. The van der Waals surface area contributed by atoms with Crippen LogP contribution in [0, 0.1) is 12.7 Å². The average molecular weight is 396 g/mol. The highest BCUT2D eigenvalue weighted by Gasteiger charge is 2.35. The molecular weight excluding hydrogens is 380 g/mol. The van der Waals surface area contributed by atoms with Crippen LogP contribution in [0.25, 0.3) is 28.1 Å². The average Bonchev–Trinajstić information content (AvgIpc) is 3.13. The molecule has 0 amide bonds. The van der Waals surface area contributed by atoms with E-state index in [0.29, 0.717) is 22.5 Å². The Morgan fingerprint density at radius 3 is 2.10 bits per heavy atom. The predicted molar refractivity (Wildman–Crippen MR) is 104 cm³/mol. The molecule has 1 heterocycles. The number of benzene rings is 3. The summed E-state index contributed by atoms with van der Waals surface area (Å²) >= 11 is 0. The molecule has 0 aliphatic rings. The van der Waals surface area contributed by atoms with Gasteiger partial charge >= 0.3 is 6.18 Å². The Morgan fingerprint density at radius 2 is 1.45 bits per heavy atom. The molecule has 0 N–H and O–H groups in total. The summed E-state index contributed by atoms with van der Waals surface area (Å²) < 4.78 is 56.1. The van der Waals surface area contributed by atoms with E-state index < -0.39 is 17.6 Å². The van der Waals surface area contributed by atoms with Crippen molar-refractivity contribution in [3.63, 3.8) is 0 Å². The summed E-state index contributed by atoms with van der Waals surface area (Å²) in [5.41, 5.74) is 2.29. The number of aromatic nitrogens is 2. The summed E-state index contributed by atoms with van der Waals surface area (Å²) in [6.45, 7) is 1.93. The van der Waals surface area contributed by atoms with Gasteiger partial charge < -0.3 is 0 Å². The Balaban J connectivity index is 2.01. The molecule has 0 fully saturated rings. The number of nitrogens with zero attached hydrogens (tertiary/aromatic N) is 2. The normalized spacial score (nSPS) is 11.6. The van der Waals surface area contributed by atoms with Gasteiger partial charge in [-0.15, -0.1) is 0 Å². The van der Waals surface area contributed by atoms with Gasteiger partial charge in [0.05, 0.1) is 23.1 Å². The van der Waals surface area contributed by atoms with Crippen LogP contribution in [-0.2, 0) is 6.18 Å². The second-order valence-electron chi connectivity index (χ2n) is 6.70. The topological polar surface area (TPSA) is 17.8 Å². The summed E-state index contributed by atoms with van der Waals surface area (Å²) in [7, 11) is 0. The Kier molecular flexibility index (Phi) is 4.70. The standard InChI is InChI=1S/C23H16F4N2/c1-15-6-12-18(13-7-15)29-22(19-4-2-3-5-21(19)23(25,26)27)20(14-28-29)16-8-10-17(24)11-9-16/h2-14H,1H3. The van der Waals surface area contributed by atoms with Gasteiger partial charge in [0.25, 0.3) is 0 Å². The number of rotatable bonds is 3. The fourth-order valence-corrected chi connectivity index (χ4v) is 3.27. The van der Waals surface area contributed by atoms with Crippen molar-refractivity contribution in [2.45, 2.75) is 13.1 Å². The molecule has 146 valence electrons. The highest BCUT2D eigenvalue weighted by atomic mass is 19.4. The zero-order chi connectivity index (χ0) is 20.6. The maximum absolute atomic E-state index is 13.7. The molecule has 0 atom stereocenters. The van der Waals surface area contributed by atoms with Crippen LogP contribution in [0.4, 0.5) is 17.6 Å². The van der Waals surface area contributed by atoms with Crippen molar-refractivity contribution in [3.8, 4) is 28.1 Å². The first-order chi connectivity index (χ1) is 13.8. The van der Waals surface area contributed by atoms with Gasteiger partial charge in [0.15, 0.2) is 0 Å². The molecule has 4 aromatic rings. The smallest absolute Gasteiger partial charge is 0.232 e. The first kappa shape index (κ1) is 18.9. The number of alkyl halides is 3. The highest BCUT2D eigenvalue weighted by Crippen LogP contribution is 2.41. The summed E-state index contributed by atoms with van der Waals surface area (Å²) in [5.74, 6) is -0.420. The molecule has 0 unspecified atom stereocenters. The SMILES string of the molecule is Cc1ccc(-n2ncc(-c3ccc(F)cc3)c2-c2ccccc2C(F)(F)F)cc1. The van der Waals surface area contributed by atoms with Crippen LogP contribution in [-0.4, -0.2) is 9.78 Å². The van der Waals surface area contributed by atoms with Crippen LogP contribution >= 0.6 is 0 Å². The number of halogens is 4. The second kappa shape index (κ2) is 7.20. The van der Waals surface area contributed by atoms with E-state index >= 15 is 0 Å². The fourth-order valence-electron chi connectivity index (χ4n) is 3.27. The lowest BCUT2D eigenvalue weighted by molar-refractivity contribution is -0.137. The maximum atomic E-state index is 13.7. The molecule has 2 nitrogen and oxygen atoms in total. The molecule has 0 bridgehead atoms. The van der Waals surface area contributed by atoms with Crippen molar-refractivity contribution in [1.82, 2.24) is 9.78 Å². The van der Waals surface area contributed by atoms with Crippen molar-refractivity contribution in [2.24, 2.45) is 0 Å². The van der Waals surface area contributed by atoms with Gasteiger partial charge in [0.1, 0.15) is 5.82 Å². The van der Waals surface area contributed by atoms with E-state index in [4.69, 9.17) is 0 Å². The van der Waals surface area contributed by atoms with E-state index in [0.717, 1.165) is 11.6 Å². The minimum atomic E-state index is -4.53. The summed E-state index contributed by atoms with van der Waals surface area (Å²) in [6.07, 6.45) is -3.02. The molecule has 1 aromatic heterocycles. The van der Waals surface area contributed by atoms with E-state index in [9.17, 15) is 17.6 Å². The summed E-state index contributed by atoms with van der Waals surface area (Å²) in [5, 5.41) is 4.37. The van der Waals surface area contributed by atoms with Crippen LogP contribution in [0.3, 0.4) is 0 Å². The summed E-state index contributed by atoms with van der Waals surface area (Å²) in [6, 6.07) is 18.4. The van der Waals surface area contributed by atoms with E-state index in [2.05, 4.69) is 5.10 Å². The molecule has 29 heavy (non-hydrogen) atoms. The van der Waals surface area contributed by atoms with Gasteiger partial charge in [-0.05, 0) is 42.8 Å². The molecule has 0 aliphatic carbocycles. The minimum Gasteiger partial charge on any atom is -0.232 e. The lowest BCUT2D eigenvalue weighted by atomic mass is 9.97. The molecule has 3 aromatic carbocycles. The first-order valence-corrected chi connectivity index (χ1v) is 8.92. The zero-order valence-corrected chi connectivity index (χ0v) is 15.4. The maximum Gasteiger partial charge on any atom is 0.417 e. The lowest BCUT2D eigenvalue weighted by Gasteiger charge is -2.16. The third-order valence-corrected chi connectivity index (χ3v) is 4.69. The quantitative estimate of drug-likeness (QED) is 0.354. The van der Waals surface area contributed by atoms with Crippen molar-refractivity contribution >= 4 is 0 Å². The third kappa shape index (κ3) is 3.66. The summed E-state index contributed by atoms with van der Waals surface area (Å²) in [4.78, 5) is 0. The number of hydrogen-bond donors (Lipinski definition) is 0. The van der Waals surface area contributed by atoms with Gasteiger partial charge in [-0.3, -0.25) is 0 Å². The van der Waals surface area contributed by atoms with Gasteiger partial charge in [0.2, 0.25) is 0 Å². The molecular formula is C23H16F4N2. The van der Waals surface area contributed by atoms with Crippen LogP contribution in [0.5, 0.6) is 0 Å². The minimum absolute atomic E-state index is 0.0115. The Hall–Kier alpha value is -3.41. The van der Waals surface area contributed by atoms with Gasteiger partial charge in [-0.1, -0.05) is 48.0 Å². The van der Waals surface area contributed by atoms with E-state index in [1.54, 1.807) is 18.2 Å². The van der Waals surface area contributed by atoms with Crippen molar-refractivity contribution in [3.05, 3.63) is 95.9 Å². The van der Waals surface area contributed by atoms with E-state index in [1.807, 2.05) is 19.1 Å². The van der Waals surface area contributed by atoms with E-state index in [1.165, 1.54) is 47.3 Å². The zero-order valence-electron chi connectivity index (χ0n) is 15.4. The molecule has 6 heteroatoms. The Bertz CT molecular complexity index is 1080. The number of hydrogen-bond acceptors (Lipinski definition) is 1. The lowest BCUT2D eigenvalue weighted by Crippen LogP contribution is -2.09. The first-order valence-electron chi connectivity index (χ1n) is 8.92. The van der Waals surface area contributed by atoms with Crippen molar-refractivity contribution in [2.75, 3.05) is 0 Å². The molecule has 0 saturated heterocycles. The molecule has 4 rings (SSSR count). The van der Waals surface area contributed by atoms with Crippen LogP contribution < -0.4 is 0 Å². The second-order valence-corrected chi connectivity index (χ2v) is 6.70. The fraction of sp³-hybridized carbons (Fsp3) is 0.0870. The Morgan fingerprint density at radius 1 is 0.793 bits per heavy atom. The molecule has 0 radical (unpaired) electrons. The monoisotopic (exact) mass is 396 g/mol. The predicted octanol–water partition coefficient (Wildman–Crippen LogP) is 6.67. The van der Waals surface area contributed by atoms with E-state index in [-0.39, 0.29) is 5.56 Å². The number of aryl methyl sites for hydroxylation is 1. The largest absolute Gasteiger partial charge is 0.417 e. The van der Waals surface area contributed by atoms with Crippen molar-refractivity contribution in [1.29, 1.82) is 0 Å². The van der Waals surface area contributed by atoms with Gasteiger partial charge in [-0.25, -0.2) is 9.07 Å². The van der Waals surface area contributed by atoms with Crippen LogP contribution in [0.2, 0.25) is 0 Å². The Labute approximate surface area is 165 Å². The van der Waals surface area contributed by atoms with Crippen LogP contribution in [0.15, 0.2) is 79.0 Å². The third-order valence-electron chi connectivity index (χ3n) is 4.69. The highest BCUT2D eigenvalue weighted by molar-refractivity contribution is 5.83.